The molecule has 0 unspecified atom stereocenters. The Bertz CT molecular complexity index is 308. The Morgan fingerprint density at radius 2 is 1.06 bits per heavy atom. The fraction of sp³-hybridized carbons (Fsp3) is 1.00. The zero-order chi connectivity index (χ0) is 14.8. The maximum absolute atomic E-state index is 2.53. The fourth-order valence-corrected chi connectivity index (χ4v) is 4.44. The monoisotopic (exact) mass is 252 g/mol. The van der Waals surface area contributed by atoms with E-state index in [9.17, 15) is 0 Å². The molecule has 0 amide bonds. The number of hydrogen-bond acceptors (Lipinski definition) is 0. The highest BCUT2D eigenvalue weighted by atomic mass is 14.8. The van der Waals surface area contributed by atoms with Crippen LogP contribution in [0, 0.1) is 33.0 Å². The van der Waals surface area contributed by atoms with Crippen molar-refractivity contribution < 1.29 is 0 Å². The van der Waals surface area contributed by atoms with Crippen LogP contribution in [-0.4, -0.2) is 0 Å². The third kappa shape index (κ3) is 1.56. The van der Waals surface area contributed by atoms with Gasteiger partial charge in [-0.3, -0.25) is 0 Å². The first kappa shape index (κ1) is 16.1. The average molecular weight is 252 g/mol. The Labute approximate surface area is 116 Å². The van der Waals surface area contributed by atoms with Crippen molar-refractivity contribution in [3.05, 3.63) is 0 Å². The molecule has 0 N–H and O–H groups in total. The normalized spacial score (nSPS) is 28.0. The highest BCUT2D eigenvalue weighted by Gasteiger charge is 2.73. The van der Waals surface area contributed by atoms with E-state index in [0.29, 0.717) is 27.1 Å². The number of rotatable bonds is 3. The van der Waals surface area contributed by atoms with E-state index in [1.165, 1.54) is 6.42 Å². The Kier molecular flexibility index (Phi) is 3.36. The first-order chi connectivity index (χ1) is 7.65. The Balaban J connectivity index is 3.16. The Hall–Kier alpha value is 0. The molecule has 1 saturated carbocycles. The fourth-order valence-electron chi connectivity index (χ4n) is 4.44. The summed E-state index contributed by atoms with van der Waals surface area (Å²) in [6.07, 6.45) is 1.32. The third-order valence-corrected chi connectivity index (χ3v) is 8.26. The molecule has 0 radical (unpaired) electrons. The highest BCUT2D eigenvalue weighted by molar-refractivity contribution is 5.21. The summed E-state index contributed by atoms with van der Waals surface area (Å²) in [5.41, 5.74) is 2.03. The van der Waals surface area contributed by atoms with E-state index in [1.807, 2.05) is 0 Å². The van der Waals surface area contributed by atoms with E-state index in [4.69, 9.17) is 0 Å². The standard InChI is InChI=1S/C18H36/c1-13(2)14(3,4)12-18(11)16(7,8)15(5,6)17(18,9)10/h13H,12H2,1-11H3. The van der Waals surface area contributed by atoms with E-state index in [1.54, 1.807) is 0 Å². The van der Waals surface area contributed by atoms with Crippen molar-refractivity contribution >= 4 is 0 Å². The van der Waals surface area contributed by atoms with E-state index in [2.05, 4.69) is 76.2 Å². The van der Waals surface area contributed by atoms with Gasteiger partial charge >= 0.3 is 0 Å². The molecule has 0 aromatic rings. The van der Waals surface area contributed by atoms with Gasteiger partial charge in [0.05, 0.1) is 0 Å². The zero-order valence-corrected chi connectivity index (χ0v) is 14.8. The summed E-state index contributed by atoms with van der Waals surface area (Å²) >= 11 is 0. The summed E-state index contributed by atoms with van der Waals surface area (Å²) in [5.74, 6) is 0.740. The van der Waals surface area contributed by atoms with Crippen LogP contribution in [0.2, 0.25) is 0 Å². The lowest BCUT2D eigenvalue weighted by molar-refractivity contribution is -0.305. The minimum absolute atomic E-state index is 0.398. The predicted molar refractivity (Wildman–Crippen MR) is 82.7 cm³/mol. The summed E-state index contributed by atoms with van der Waals surface area (Å²) in [5, 5.41) is 0. The molecule has 0 aliphatic heterocycles. The van der Waals surface area contributed by atoms with Gasteiger partial charge in [-0.15, -0.1) is 0 Å². The van der Waals surface area contributed by atoms with Crippen LogP contribution < -0.4 is 0 Å². The molecule has 18 heavy (non-hydrogen) atoms. The molecule has 0 saturated heterocycles. The lowest BCUT2D eigenvalue weighted by Gasteiger charge is -2.78. The topological polar surface area (TPSA) is 0 Å². The molecule has 1 aliphatic rings. The molecule has 108 valence electrons. The molecular weight excluding hydrogens is 216 g/mol. The second-order valence-corrected chi connectivity index (χ2v) is 9.53. The molecule has 0 aromatic carbocycles. The van der Waals surface area contributed by atoms with Crippen molar-refractivity contribution in [3.63, 3.8) is 0 Å². The summed E-state index contributed by atoms with van der Waals surface area (Å²) in [6, 6.07) is 0. The minimum atomic E-state index is 0.398. The summed E-state index contributed by atoms with van der Waals surface area (Å²) in [7, 11) is 0. The van der Waals surface area contributed by atoms with Gasteiger partial charge in [-0.25, -0.2) is 0 Å². The predicted octanol–water partition coefficient (Wildman–Crippen LogP) is 6.16. The maximum Gasteiger partial charge on any atom is -0.0208 e. The second kappa shape index (κ2) is 3.76. The van der Waals surface area contributed by atoms with E-state index in [0.717, 1.165) is 5.92 Å². The quantitative estimate of drug-likeness (QED) is 0.564. The summed E-state index contributed by atoms with van der Waals surface area (Å²) in [6.45, 7) is 27.0. The van der Waals surface area contributed by atoms with Crippen LogP contribution in [-0.2, 0) is 0 Å². The average Bonchev–Trinajstić information content (AvgIpc) is 2.14. The van der Waals surface area contributed by atoms with Crippen LogP contribution in [0.5, 0.6) is 0 Å². The van der Waals surface area contributed by atoms with Crippen LogP contribution in [0.1, 0.15) is 82.6 Å². The molecule has 0 bridgehead atoms. The van der Waals surface area contributed by atoms with Gasteiger partial charge in [0.1, 0.15) is 0 Å². The molecule has 0 nitrogen and oxygen atoms in total. The molecule has 1 rings (SSSR count). The molecule has 0 spiro atoms. The molecule has 0 heteroatoms. The van der Waals surface area contributed by atoms with Gasteiger partial charge < -0.3 is 0 Å². The van der Waals surface area contributed by atoms with Crippen molar-refractivity contribution in [1.29, 1.82) is 0 Å². The van der Waals surface area contributed by atoms with Gasteiger partial charge in [0, 0.05) is 0 Å². The van der Waals surface area contributed by atoms with Gasteiger partial charge in [0.15, 0.2) is 0 Å². The van der Waals surface area contributed by atoms with Gasteiger partial charge in [-0.05, 0) is 39.4 Å². The first-order valence-electron chi connectivity index (χ1n) is 7.65. The minimum Gasteiger partial charge on any atom is -0.0623 e. The van der Waals surface area contributed by atoms with Crippen LogP contribution in [0.25, 0.3) is 0 Å². The van der Waals surface area contributed by atoms with Gasteiger partial charge in [-0.2, -0.15) is 0 Å². The van der Waals surface area contributed by atoms with Crippen molar-refractivity contribution in [2.75, 3.05) is 0 Å². The SMILES string of the molecule is CC(C)C(C)(C)CC1(C)C(C)(C)C(C)(C)C1(C)C. The second-order valence-electron chi connectivity index (χ2n) is 9.53. The summed E-state index contributed by atoms with van der Waals surface area (Å²) < 4.78 is 0. The highest BCUT2D eigenvalue weighted by Crippen LogP contribution is 2.80. The van der Waals surface area contributed by atoms with Crippen LogP contribution in [0.15, 0.2) is 0 Å². The summed E-state index contributed by atoms with van der Waals surface area (Å²) in [4.78, 5) is 0. The smallest absolute Gasteiger partial charge is 0.0208 e. The lowest BCUT2D eigenvalue weighted by Crippen LogP contribution is -2.72. The van der Waals surface area contributed by atoms with E-state index in [-0.39, 0.29) is 0 Å². The Morgan fingerprint density at radius 3 is 1.33 bits per heavy atom. The van der Waals surface area contributed by atoms with E-state index >= 15 is 0 Å². The molecular formula is C18H36. The lowest BCUT2D eigenvalue weighted by atomic mass is 9.26. The maximum atomic E-state index is 2.53. The molecule has 0 aromatic heterocycles. The van der Waals surface area contributed by atoms with Crippen molar-refractivity contribution in [3.8, 4) is 0 Å². The van der Waals surface area contributed by atoms with Crippen molar-refractivity contribution in [2.45, 2.75) is 82.6 Å². The van der Waals surface area contributed by atoms with Gasteiger partial charge in [-0.1, -0.05) is 76.2 Å². The molecule has 0 atom stereocenters. The largest absolute Gasteiger partial charge is 0.0623 e. The Morgan fingerprint density at radius 1 is 0.722 bits per heavy atom. The molecule has 1 aliphatic carbocycles. The first-order valence-corrected chi connectivity index (χ1v) is 7.65. The number of hydrogen-bond donors (Lipinski definition) is 0. The zero-order valence-electron chi connectivity index (χ0n) is 14.8. The van der Waals surface area contributed by atoms with Crippen molar-refractivity contribution in [2.24, 2.45) is 33.0 Å². The molecule has 1 fully saturated rings. The van der Waals surface area contributed by atoms with Crippen molar-refractivity contribution in [1.82, 2.24) is 0 Å². The van der Waals surface area contributed by atoms with E-state index < -0.39 is 0 Å². The third-order valence-electron chi connectivity index (χ3n) is 8.26. The molecule has 0 heterocycles. The van der Waals surface area contributed by atoms with Gasteiger partial charge in [0.25, 0.3) is 0 Å². The van der Waals surface area contributed by atoms with Crippen LogP contribution >= 0.6 is 0 Å². The van der Waals surface area contributed by atoms with Gasteiger partial charge in [0.2, 0.25) is 0 Å². The van der Waals surface area contributed by atoms with Crippen LogP contribution in [0.3, 0.4) is 0 Å². The van der Waals surface area contributed by atoms with Crippen LogP contribution in [0.4, 0.5) is 0 Å².